The predicted octanol–water partition coefficient (Wildman–Crippen LogP) is 5.41. The van der Waals surface area contributed by atoms with Crippen molar-refractivity contribution < 1.29 is 37.0 Å². The first-order valence-electron chi connectivity index (χ1n) is 9.45. The number of carbonyl (C=O) groups is 3. The molecule has 0 spiro atoms. The first-order valence-corrected chi connectivity index (χ1v) is 9.45. The van der Waals surface area contributed by atoms with Crippen molar-refractivity contribution in [2.75, 3.05) is 12.8 Å². The van der Waals surface area contributed by atoms with Crippen LogP contribution >= 0.6 is 12.4 Å². The van der Waals surface area contributed by atoms with Crippen LogP contribution in [0.25, 0.3) is 0 Å². The number of alkyl halides is 3. The van der Waals surface area contributed by atoms with E-state index >= 15 is 0 Å². The Morgan fingerprint density at radius 3 is 2.21 bits per heavy atom. The fraction of sp³-hybridized carbons (Fsp3) is 0.125. The molecule has 0 amide bonds. The van der Waals surface area contributed by atoms with E-state index in [1.165, 1.54) is 25.3 Å². The fourth-order valence-corrected chi connectivity index (χ4v) is 2.74. The number of nitrogen functional groups attached to an aromatic ring is 1. The Labute approximate surface area is 199 Å². The SMILES string of the molecule is COC(=O)c1ccccc1N.Cc1ccc(C=O)cc1C(=O)c1cccc(OC(F)(F)F)c1.Cl. The molecule has 6 nitrogen and oxygen atoms in total. The molecule has 0 aliphatic heterocycles. The molecule has 10 heteroatoms. The van der Waals surface area contributed by atoms with Crippen molar-refractivity contribution >= 4 is 36.1 Å². The van der Waals surface area contributed by atoms with Crippen LogP contribution in [0.5, 0.6) is 5.75 Å². The maximum Gasteiger partial charge on any atom is 0.573 e. The second-order valence-corrected chi connectivity index (χ2v) is 6.68. The standard InChI is InChI=1S/C16H11F3O3.C8H9NO2.ClH/c1-10-5-6-11(9-20)7-14(10)15(21)12-3-2-4-13(8-12)22-16(17,18)19;1-11-8(10)6-4-2-3-5-7(6)9;/h2-9H,1H3;2-5H,9H2,1H3;1H. The van der Waals surface area contributed by atoms with Gasteiger partial charge in [-0.25, -0.2) is 4.79 Å². The summed E-state index contributed by atoms with van der Waals surface area (Å²) in [6, 6.07) is 16.2. The first-order chi connectivity index (χ1) is 15.6. The third-order valence-corrected chi connectivity index (χ3v) is 4.34. The molecule has 3 aromatic carbocycles. The first kappa shape index (κ1) is 28.2. The second kappa shape index (κ2) is 12.4. The van der Waals surface area contributed by atoms with Gasteiger partial charge in [-0.05, 0) is 42.8 Å². The number of aldehydes is 1. The van der Waals surface area contributed by atoms with E-state index in [1.54, 1.807) is 43.3 Å². The molecule has 0 radical (unpaired) electrons. The van der Waals surface area contributed by atoms with Gasteiger partial charge in [-0.2, -0.15) is 0 Å². The summed E-state index contributed by atoms with van der Waals surface area (Å²) in [5.74, 6) is -1.35. The Kier molecular flexibility index (Phi) is 10.3. The monoisotopic (exact) mass is 495 g/mol. The quantitative estimate of drug-likeness (QED) is 0.220. The van der Waals surface area contributed by atoms with Crippen LogP contribution in [0.3, 0.4) is 0 Å². The molecule has 0 aliphatic carbocycles. The fourth-order valence-electron chi connectivity index (χ4n) is 2.74. The number of para-hydroxylation sites is 1. The van der Waals surface area contributed by atoms with Crippen LogP contribution in [0.15, 0.2) is 66.7 Å². The lowest BCUT2D eigenvalue weighted by atomic mass is 9.97. The average molecular weight is 496 g/mol. The molecular formula is C24H21ClF3NO5. The van der Waals surface area contributed by atoms with Gasteiger partial charge in [0.25, 0.3) is 0 Å². The van der Waals surface area contributed by atoms with Crippen LogP contribution in [-0.2, 0) is 4.74 Å². The minimum absolute atomic E-state index is 0. The van der Waals surface area contributed by atoms with Gasteiger partial charge in [0.05, 0.1) is 12.7 Å². The summed E-state index contributed by atoms with van der Waals surface area (Å²) in [6.45, 7) is 1.68. The molecule has 0 aromatic heterocycles. The van der Waals surface area contributed by atoms with Crippen LogP contribution in [0, 0.1) is 6.92 Å². The molecule has 0 aliphatic rings. The molecule has 180 valence electrons. The summed E-state index contributed by atoms with van der Waals surface area (Å²) in [7, 11) is 1.33. The highest BCUT2D eigenvalue weighted by molar-refractivity contribution is 6.10. The van der Waals surface area contributed by atoms with Crippen molar-refractivity contribution in [1.29, 1.82) is 0 Å². The maximum atomic E-state index is 12.4. The number of rotatable bonds is 5. The molecule has 3 aromatic rings. The molecule has 34 heavy (non-hydrogen) atoms. The smallest absolute Gasteiger partial charge is 0.465 e. The summed E-state index contributed by atoms with van der Waals surface area (Å²) in [6.07, 6.45) is -4.23. The second-order valence-electron chi connectivity index (χ2n) is 6.68. The molecule has 2 N–H and O–H groups in total. The number of nitrogens with two attached hydrogens (primary N) is 1. The van der Waals surface area contributed by atoms with Gasteiger partial charge in [0.1, 0.15) is 12.0 Å². The van der Waals surface area contributed by atoms with E-state index in [0.29, 0.717) is 28.7 Å². The molecule has 0 saturated carbocycles. The normalized spacial score (nSPS) is 10.1. The number of esters is 1. The Morgan fingerprint density at radius 2 is 1.62 bits per heavy atom. The summed E-state index contributed by atoms with van der Waals surface area (Å²) >= 11 is 0. The van der Waals surface area contributed by atoms with Gasteiger partial charge in [0, 0.05) is 22.4 Å². The Bertz CT molecular complexity index is 1170. The van der Waals surface area contributed by atoms with Crippen molar-refractivity contribution in [3.63, 3.8) is 0 Å². The van der Waals surface area contributed by atoms with E-state index in [2.05, 4.69) is 9.47 Å². The molecule has 0 fully saturated rings. The summed E-state index contributed by atoms with van der Waals surface area (Å²) < 4.78 is 44.9. The van der Waals surface area contributed by atoms with Crippen molar-refractivity contribution in [3.05, 3.63) is 94.5 Å². The topological polar surface area (TPSA) is 95.7 Å². The van der Waals surface area contributed by atoms with Gasteiger partial charge in [0.15, 0.2) is 5.78 Å². The van der Waals surface area contributed by atoms with Crippen LogP contribution in [-0.4, -0.2) is 31.5 Å². The zero-order valence-electron chi connectivity index (χ0n) is 18.1. The number of aryl methyl sites for hydroxylation is 1. The minimum atomic E-state index is -4.82. The minimum Gasteiger partial charge on any atom is -0.465 e. The predicted molar refractivity (Wildman–Crippen MR) is 123 cm³/mol. The Balaban J connectivity index is 0.000000407. The lowest BCUT2D eigenvalue weighted by Gasteiger charge is -2.10. The van der Waals surface area contributed by atoms with E-state index in [-0.39, 0.29) is 23.5 Å². The molecular weight excluding hydrogens is 475 g/mol. The third kappa shape index (κ3) is 7.93. The highest BCUT2D eigenvalue weighted by Gasteiger charge is 2.31. The Morgan fingerprint density at radius 1 is 0.941 bits per heavy atom. The van der Waals surface area contributed by atoms with Crippen molar-refractivity contribution in [3.8, 4) is 5.75 Å². The van der Waals surface area contributed by atoms with Gasteiger partial charge in [-0.1, -0.05) is 36.4 Å². The van der Waals surface area contributed by atoms with Gasteiger partial charge < -0.3 is 15.2 Å². The third-order valence-electron chi connectivity index (χ3n) is 4.34. The van der Waals surface area contributed by atoms with Crippen LogP contribution < -0.4 is 10.5 Å². The summed E-state index contributed by atoms with van der Waals surface area (Å²) in [5, 5.41) is 0. The van der Waals surface area contributed by atoms with Gasteiger partial charge in [-0.15, -0.1) is 25.6 Å². The molecule has 0 bridgehead atoms. The highest BCUT2D eigenvalue weighted by atomic mass is 35.5. The molecule has 3 rings (SSSR count). The van der Waals surface area contributed by atoms with E-state index in [0.717, 1.165) is 12.1 Å². The number of methoxy groups -OCH3 is 1. The number of hydrogen-bond donors (Lipinski definition) is 1. The number of hydrogen-bond acceptors (Lipinski definition) is 6. The molecule has 0 unspecified atom stereocenters. The van der Waals surface area contributed by atoms with Crippen molar-refractivity contribution in [1.82, 2.24) is 0 Å². The largest absolute Gasteiger partial charge is 0.573 e. The number of anilines is 1. The Hall–Kier alpha value is -3.85. The van der Waals surface area contributed by atoms with Crippen LogP contribution in [0.2, 0.25) is 0 Å². The average Bonchev–Trinajstić information content (AvgIpc) is 2.78. The lowest BCUT2D eigenvalue weighted by molar-refractivity contribution is -0.274. The summed E-state index contributed by atoms with van der Waals surface area (Å²) in [5.41, 5.74) is 7.60. The number of carbonyl (C=O) groups excluding carboxylic acids is 3. The van der Waals surface area contributed by atoms with Crippen LogP contribution in [0.1, 0.15) is 42.2 Å². The molecule has 0 atom stereocenters. The number of halogens is 4. The van der Waals surface area contributed by atoms with Gasteiger partial charge in [0.2, 0.25) is 0 Å². The van der Waals surface area contributed by atoms with E-state index in [9.17, 15) is 27.6 Å². The van der Waals surface area contributed by atoms with Crippen molar-refractivity contribution in [2.45, 2.75) is 13.3 Å². The van der Waals surface area contributed by atoms with Crippen LogP contribution in [0.4, 0.5) is 18.9 Å². The zero-order valence-corrected chi connectivity index (χ0v) is 18.9. The number of benzene rings is 3. The molecule has 0 saturated heterocycles. The summed E-state index contributed by atoms with van der Waals surface area (Å²) in [4.78, 5) is 34.1. The number of ketones is 1. The van der Waals surface area contributed by atoms with Crippen molar-refractivity contribution in [2.24, 2.45) is 0 Å². The molecule has 0 heterocycles. The highest BCUT2D eigenvalue weighted by Crippen LogP contribution is 2.25. The van der Waals surface area contributed by atoms with E-state index < -0.39 is 23.9 Å². The zero-order chi connectivity index (χ0) is 24.6. The maximum absolute atomic E-state index is 12.4. The van der Waals surface area contributed by atoms with Gasteiger partial charge >= 0.3 is 12.3 Å². The van der Waals surface area contributed by atoms with Gasteiger partial charge in [-0.3, -0.25) is 9.59 Å². The van der Waals surface area contributed by atoms with E-state index in [1.807, 2.05) is 0 Å². The number of ether oxygens (including phenoxy) is 2. The van der Waals surface area contributed by atoms with E-state index in [4.69, 9.17) is 5.73 Å². The lowest BCUT2D eigenvalue weighted by Crippen LogP contribution is -2.17.